The fourth-order valence-electron chi connectivity index (χ4n) is 1.09. The second-order valence-electron chi connectivity index (χ2n) is 3.91. The van der Waals surface area contributed by atoms with Crippen molar-refractivity contribution in [3.05, 3.63) is 0 Å². The Labute approximate surface area is 99.5 Å². The van der Waals surface area contributed by atoms with Gasteiger partial charge in [-0.1, -0.05) is 25.2 Å². The van der Waals surface area contributed by atoms with E-state index in [1.165, 1.54) is 11.4 Å². The number of hydrogen-bond acceptors (Lipinski definition) is 6. The third-order valence-corrected chi connectivity index (χ3v) is 5.60. The quantitative estimate of drug-likeness (QED) is 0.868. The van der Waals surface area contributed by atoms with Gasteiger partial charge in [-0.2, -0.15) is 4.31 Å². The lowest BCUT2D eigenvalue weighted by Gasteiger charge is -2.25. The number of nitrogens with two attached hydrogens (primary N) is 1. The molecule has 1 heterocycles. The molecule has 0 saturated heterocycles. The highest BCUT2D eigenvalue weighted by Gasteiger charge is 2.30. The van der Waals surface area contributed by atoms with E-state index in [4.69, 9.17) is 5.73 Å². The standard InChI is InChI=1S/C8H16N4O2S2/c1-5(2)6(3)12(4)16(13,14)8-11-10-7(9)15-8/h5-6H,1-4H3,(H2,9,10). The fraction of sp³-hybridized carbons (Fsp3) is 0.750. The van der Waals surface area contributed by atoms with Gasteiger partial charge in [-0.05, 0) is 12.8 Å². The molecule has 1 aromatic rings. The first kappa shape index (κ1) is 13.3. The van der Waals surface area contributed by atoms with Crippen LogP contribution in [0.3, 0.4) is 0 Å². The Morgan fingerprint density at radius 1 is 1.31 bits per heavy atom. The van der Waals surface area contributed by atoms with Crippen LogP contribution in [0.5, 0.6) is 0 Å². The van der Waals surface area contributed by atoms with Crippen LogP contribution in [0.1, 0.15) is 20.8 Å². The summed E-state index contributed by atoms with van der Waals surface area (Å²) in [6.45, 7) is 5.78. The third kappa shape index (κ3) is 2.50. The maximum atomic E-state index is 12.1. The van der Waals surface area contributed by atoms with E-state index >= 15 is 0 Å². The van der Waals surface area contributed by atoms with E-state index in [-0.39, 0.29) is 21.4 Å². The van der Waals surface area contributed by atoms with Crippen molar-refractivity contribution in [1.29, 1.82) is 0 Å². The van der Waals surface area contributed by atoms with E-state index in [9.17, 15) is 8.42 Å². The number of nitrogen functional groups attached to an aromatic ring is 1. The van der Waals surface area contributed by atoms with Gasteiger partial charge in [0.05, 0.1) is 0 Å². The smallest absolute Gasteiger partial charge is 0.272 e. The number of anilines is 1. The molecular weight excluding hydrogens is 248 g/mol. The molecule has 16 heavy (non-hydrogen) atoms. The predicted molar refractivity (Wildman–Crippen MR) is 63.6 cm³/mol. The lowest BCUT2D eigenvalue weighted by Crippen LogP contribution is -2.38. The van der Waals surface area contributed by atoms with Crippen molar-refractivity contribution in [2.45, 2.75) is 31.2 Å². The molecule has 1 unspecified atom stereocenters. The van der Waals surface area contributed by atoms with Crippen molar-refractivity contribution in [2.75, 3.05) is 12.8 Å². The molecule has 0 fully saturated rings. The first-order valence-electron chi connectivity index (χ1n) is 4.83. The number of sulfonamides is 1. The summed E-state index contributed by atoms with van der Waals surface area (Å²) in [5.41, 5.74) is 5.37. The van der Waals surface area contributed by atoms with Gasteiger partial charge >= 0.3 is 0 Å². The zero-order valence-electron chi connectivity index (χ0n) is 9.71. The Hall–Kier alpha value is -0.730. The number of hydrogen-bond donors (Lipinski definition) is 1. The molecule has 1 aromatic heterocycles. The van der Waals surface area contributed by atoms with Gasteiger partial charge in [0, 0.05) is 13.1 Å². The van der Waals surface area contributed by atoms with E-state index in [2.05, 4.69) is 10.2 Å². The largest absolute Gasteiger partial charge is 0.374 e. The van der Waals surface area contributed by atoms with Crippen LogP contribution in [0, 0.1) is 5.92 Å². The summed E-state index contributed by atoms with van der Waals surface area (Å²) in [6.07, 6.45) is 0. The van der Waals surface area contributed by atoms with E-state index in [1.807, 2.05) is 20.8 Å². The first-order chi connectivity index (χ1) is 7.26. The lowest BCUT2D eigenvalue weighted by atomic mass is 10.1. The summed E-state index contributed by atoms with van der Waals surface area (Å²) < 4.78 is 25.4. The molecule has 0 saturated carbocycles. The fourth-order valence-corrected chi connectivity index (χ4v) is 3.53. The van der Waals surface area contributed by atoms with Gasteiger partial charge in [0.15, 0.2) is 0 Å². The number of aromatic nitrogens is 2. The zero-order valence-corrected chi connectivity index (χ0v) is 11.3. The van der Waals surface area contributed by atoms with Crippen LogP contribution < -0.4 is 5.73 Å². The zero-order chi connectivity index (χ0) is 12.5. The molecule has 0 radical (unpaired) electrons. The average Bonchev–Trinajstić information content (AvgIpc) is 2.62. The molecule has 0 aromatic carbocycles. The van der Waals surface area contributed by atoms with Crippen LogP contribution in [0.4, 0.5) is 5.13 Å². The van der Waals surface area contributed by atoms with E-state index in [0.717, 1.165) is 11.3 Å². The highest BCUT2D eigenvalue weighted by Crippen LogP contribution is 2.23. The number of nitrogens with zero attached hydrogens (tertiary/aromatic N) is 3. The van der Waals surface area contributed by atoms with Gasteiger partial charge in [-0.25, -0.2) is 8.42 Å². The molecule has 92 valence electrons. The minimum absolute atomic E-state index is 0.0556. The monoisotopic (exact) mass is 264 g/mol. The van der Waals surface area contributed by atoms with Crippen LogP contribution in [0.25, 0.3) is 0 Å². The van der Waals surface area contributed by atoms with Gasteiger partial charge in [0.2, 0.25) is 9.47 Å². The van der Waals surface area contributed by atoms with Gasteiger partial charge in [-0.3, -0.25) is 0 Å². The van der Waals surface area contributed by atoms with Gasteiger partial charge in [0.1, 0.15) is 0 Å². The number of rotatable bonds is 4. The van der Waals surface area contributed by atoms with Crippen LogP contribution in [-0.2, 0) is 10.0 Å². The molecule has 0 amide bonds. The van der Waals surface area contributed by atoms with Crippen molar-refractivity contribution < 1.29 is 8.42 Å². The maximum absolute atomic E-state index is 12.1. The Morgan fingerprint density at radius 2 is 1.88 bits per heavy atom. The molecule has 8 heteroatoms. The van der Waals surface area contributed by atoms with Crippen LogP contribution in [0.15, 0.2) is 4.34 Å². The second-order valence-corrected chi connectivity index (χ2v) is 7.09. The van der Waals surface area contributed by atoms with Crippen molar-refractivity contribution in [2.24, 2.45) is 5.92 Å². The highest BCUT2D eigenvalue weighted by molar-refractivity contribution is 7.91. The van der Waals surface area contributed by atoms with E-state index in [1.54, 1.807) is 0 Å². The average molecular weight is 264 g/mol. The minimum atomic E-state index is -3.56. The summed E-state index contributed by atoms with van der Waals surface area (Å²) in [7, 11) is -2.02. The maximum Gasteiger partial charge on any atom is 0.272 e. The molecule has 2 N–H and O–H groups in total. The summed E-state index contributed by atoms with van der Waals surface area (Å²) in [5, 5.41) is 7.23. The lowest BCUT2D eigenvalue weighted by molar-refractivity contribution is 0.315. The molecule has 0 spiro atoms. The Morgan fingerprint density at radius 3 is 2.25 bits per heavy atom. The van der Waals surface area contributed by atoms with E-state index < -0.39 is 10.0 Å². The van der Waals surface area contributed by atoms with Gasteiger partial charge < -0.3 is 5.73 Å². The van der Waals surface area contributed by atoms with Gasteiger partial charge in [0.25, 0.3) is 10.0 Å². The molecule has 0 aliphatic heterocycles. The third-order valence-electron chi connectivity index (χ3n) is 2.56. The molecular formula is C8H16N4O2S2. The van der Waals surface area contributed by atoms with E-state index in [0.29, 0.717) is 0 Å². The van der Waals surface area contributed by atoms with Crippen molar-refractivity contribution in [3.8, 4) is 0 Å². The summed E-state index contributed by atoms with van der Waals surface area (Å²) in [6, 6.07) is -0.102. The van der Waals surface area contributed by atoms with Gasteiger partial charge in [-0.15, -0.1) is 10.2 Å². The molecule has 6 nitrogen and oxygen atoms in total. The SMILES string of the molecule is CC(C)C(C)N(C)S(=O)(=O)c1nnc(N)s1. The normalized spacial score (nSPS) is 14.6. The summed E-state index contributed by atoms with van der Waals surface area (Å²) >= 11 is 0.878. The Balaban J connectivity index is 3.03. The molecule has 0 bridgehead atoms. The van der Waals surface area contributed by atoms with Crippen LogP contribution in [-0.4, -0.2) is 36.0 Å². The summed E-state index contributed by atoms with van der Waals surface area (Å²) in [5.74, 6) is 0.227. The Bertz CT molecular complexity index is 454. The topological polar surface area (TPSA) is 89.2 Å². The summed E-state index contributed by atoms with van der Waals surface area (Å²) in [4.78, 5) is 0. The van der Waals surface area contributed by atoms with Crippen LogP contribution >= 0.6 is 11.3 Å². The minimum Gasteiger partial charge on any atom is -0.374 e. The molecule has 0 aliphatic rings. The highest BCUT2D eigenvalue weighted by atomic mass is 32.2. The molecule has 1 atom stereocenters. The van der Waals surface area contributed by atoms with Crippen molar-refractivity contribution in [1.82, 2.24) is 14.5 Å². The first-order valence-corrected chi connectivity index (χ1v) is 7.09. The predicted octanol–water partition coefficient (Wildman–Crippen LogP) is 0.785. The second kappa shape index (κ2) is 4.64. The molecule has 1 rings (SSSR count). The van der Waals surface area contributed by atoms with Crippen molar-refractivity contribution >= 4 is 26.5 Å². The molecule has 0 aliphatic carbocycles. The van der Waals surface area contributed by atoms with Crippen molar-refractivity contribution in [3.63, 3.8) is 0 Å². The van der Waals surface area contributed by atoms with Crippen LogP contribution in [0.2, 0.25) is 0 Å². The Kier molecular flexibility index (Phi) is 3.87.